The molecule has 1 aliphatic rings. The van der Waals surface area contributed by atoms with Crippen molar-refractivity contribution in [3.8, 4) is 0 Å². The number of amides is 1. The quantitative estimate of drug-likeness (QED) is 0.882. The van der Waals surface area contributed by atoms with Gasteiger partial charge >= 0.3 is 0 Å². The van der Waals surface area contributed by atoms with E-state index in [1.807, 2.05) is 6.07 Å². The second-order valence-corrected chi connectivity index (χ2v) is 4.42. The number of aromatic nitrogens is 1. The average molecular weight is 271 g/mol. The van der Waals surface area contributed by atoms with E-state index in [2.05, 4.69) is 20.9 Å². The van der Waals surface area contributed by atoms with Gasteiger partial charge in [0.25, 0.3) is 0 Å². The van der Waals surface area contributed by atoms with Crippen LogP contribution in [-0.2, 0) is 4.79 Å². The van der Waals surface area contributed by atoms with E-state index < -0.39 is 0 Å². The summed E-state index contributed by atoms with van der Waals surface area (Å²) in [6.45, 7) is -0.00173. The molecule has 0 aliphatic carbocycles. The fourth-order valence-corrected chi connectivity index (χ4v) is 2.16. The fraction of sp³-hybridized carbons (Fsp3) is 0.400. The smallest absolute Gasteiger partial charge is 0.227 e. The van der Waals surface area contributed by atoms with E-state index in [1.54, 1.807) is 17.3 Å². The highest BCUT2D eigenvalue weighted by molar-refractivity contribution is 9.10. The molecule has 1 aromatic rings. The molecule has 15 heavy (non-hydrogen) atoms. The highest BCUT2D eigenvalue weighted by Crippen LogP contribution is 2.27. The zero-order valence-corrected chi connectivity index (χ0v) is 9.64. The molecule has 1 unspecified atom stereocenters. The molecule has 1 aliphatic heterocycles. The normalized spacial score (nSPS) is 21.1. The number of carbonyl (C=O) groups excluding carboxylic acids is 1. The molecule has 5 heteroatoms. The number of aliphatic hydroxyl groups is 1. The molecule has 0 saturated carbocycles. The third-order valence-corrected chi connectivity index (χ3v) is 2.94. The summed E-state index contributed by atoms with van der Waals surface area (Å²) in [5.74, 6) is 0.0500. The lowest BCUT2D eigenvalue weighted by atomic mass is 10.2. The van der Waals surface area contributed by atoms with Crippen molar-refractivity contribution in [1.82, 2.24) is 4.98 Å². The average Bonchev–Trinajstić information content (AvgIpc) is 2.59. The first-order valence-corrected chi connectivity index (χ1v) is 5.55. The molecule has 1 N–H and O–H groups in total. The largest absolute Gasteiger partial charge is 0.394 e. The zero-order valence-electron chi connectivity index (χ0n) is 8.06. The monoisotopic (exact) mass is 270 g/mol. The molecular weight excluding hydrogens is 260 g/mol. The van der Waals surface area contributed by atoms with E-state index in [-0.39, 0.29) is 18.6 Å². The van der Waals surface area contributed by atoms with Crippen molar-refractivity contribution in [2.45, 2.75) is 18.9 Å². The van der Waals surface area contributed by atoms with Crippen molar-refractivity contribution < 1.29 is 9.90 Å². The molecule has 0 bridgehead atoms. The highest BCUT2D eigenvalue weighted by Gasteiger charge is 2.31. The Kier molecular flexibility index (Phi) is 3.02. The van der Waals surface area contributed by atoms with Crippen molar-refractivity contribution in [1.29, 1.82) is 0 Å². The van der Waals surface area contributed by atoms with Crippen molar-refractivity contribution in [3.05, 3.63) is 22.9 Å². The Hall–Kier alpha value is -0.940. The predicted octanol–water partition coefficient (Wildman–Crippen LogP) is 1.33. The number of nitrogens with zero attached hydrogens (tertiary/aromatic N) is 2. The van der Waals surface area contributed by atoms with E-state index in [0.29, 0.717) is 12.8 Å². The van der Waals surface area contributed by atoms with E-state index in [4.69, 9.17) is 5.11 Å². The number of hydrogen-bond donors (Lipinski definition) is 1. The summed E-state index contributed by atoms with van der Waals surface area (Å²) in [4.78, 5) is 17.3. The number of aliphatic hydroxyl groups excluding tert-OH is 1. The molecule has 0 spiro atoms. The van der Waals surface area contributed by atoms with Crippen LogP contribution < -0.4 is 4.90 Å². The number of pyridine rings is 1. The zero-order chi connectivity index (χ0) is 10.8. The van der Waals surface area contributed by atoms with Gasteiger partial charge in [-0.05, 0) is 28.4 Å². The van der Waals surface area contributed by atoms with E-state index in [0.717, 1.165) is 10.2 Å². The molecule has 2 rings (SSSR count). The lowest BCUT2D eigenvalue weighted by Gasteiger charge is -2.22. The number of rotatable bonds is 2. The van der Waals surface area contributed by atoms with Gasteiger partial charge in [-0.1, -0.05) is 0 Å². The standard InChI is InChI=1S/C10H11BrN2O2/c11-7-3-9(5-12-4-7)13-8(6-14)1-2-10(13)15/h3-5,8,14H,1-2,6H2. The van der Waals surface area contributed by atoms with Crippen molar-refractivity contribution in [2.75, 3.05) is 11.5 Å². The van der Waals surface area contributed by atoms with Crippen LogP contribution in [0.1, 0.15) is 12.8 Å². The SMILES string of the molecule is O=C1CCC(CO)N1c1cncc(Br)c1. The summed E-state index contributed by atoms with van der Waals surface area (Å²) >= 11 is 3.31. The minimum atomic E-state index is -0.103. The van der Waals surface area contributed by atoms with Crippen LogP contribution in [-0.4, -0.2) is 28.6 Å². The third kappa shape index (κ3) is 2.03. The van der Waals surface area contributed by atoms with Crippen LogP contribution >= 0.6 is 15.9 Å². The Morgan fingerprint density at radius 1 is 1.60 bits per heavy atom. The third-order valence-electron chi connectivity index (χ3n) is 2.50. The number of hydrogen-bond acceptors (Lipinski definition) is 3. The van der Waals surface area contributed by atoms with E-state index in [1.165, 1.54) is 0 Å². The van der Waals surface area contributed by atoms with Gasteiger partial charge < -0.3 is 10.0 Å². The minimum Gasteiger partial charge on any atom is -0.394 e. The number of anilines is 1. The summed E-state index contributed by atoms with van der Waals surface area (Å²) in [6.07, 6.45) is 4.51. The van der Waals surface area contributed by atoms with E-state index in [9.17, 15) is 4.79 Å². The summed E-state index contributed by atoms with van der Waals surface area (Å²) in [5.41, 5.74) is 0.742. The summed E-state index contributed by atoms with van der Waals surface area (Å²) in [7, 11) is 0. The predicted molar refractivity (Wildman–Crippen MR) is 59.5 cm³/mol. The number of carbonyl (C=O) groups is 1. The Morgan fingerprint density at radius 2 is 2.40 bits per heavy atom. The maximum atomic E-state index is 11.6. The molecule has 1 saturated heterocycles. The molecule has 0 aromatic carbocycles. The Morgan fingerprint density at radius 3 is 3.07 bits per heavy atom. The van der Waals surface area contributed by atoms with Crippen LogP contribution in [0.25, 0.3) is 0 Å². The Labute approximate surface area is 96.1 Å². The topological polar surface area (TPSA) is 53.4 Å². The van der Waals surface area contributed by atoms with Gasteiger partial charge in [-0.3, -0.25) is 9.78 Å². The molecule has 0 radical (unpaired) electrons. The molecule has 80 valence electrons. The fourth-order valence-electron chi connectivity index (χ4n) is 1.80. The lowest BCUT2D eigenvalue weighted by molar-refractivity contribution is -0.117. The van der Waals surface area contributed by atoms with Crippen LogP contribution in [0.5, 0.6) is 0 Å². The first kappa shape index (κ1) is 10.6. The molecule has 1 atom stereocenters. The van der Waals surface area contributed by atoms with Crippen molar-refractivity contribution in [3.63, 3.8) is 0 Å². The van der Waals surface area contributed by atoms with Gasteiger partial charge in [0, 0.05) is 17.1 Å². The van der Waals surface area contributed by atoms with Gasteiger partial charge in [0.15, 0.2) is 0 Å². The van der Waals surface area contributed by atoms with Crippen LogP contribution in [0.4, 0.5) is 5.69 Å². The minimum absolute atomic E-state index is 0.00173. The highest BCUT2D eigenvalue weighted by atomic mass is 79.9. The molecule has 1 fully saturated rings. The van der Waals surface area contributed by atoms with Crippen molar-refractivity contribution in [2.24, 2.45) is 0 Å². The first-order chi connectivity index (χ1) is 7.22. The van der Waals surface area contributed by atoms with Gasteiger partial charge in [0.1, 0.15) is 0 Å². The van der Waals surface area contributed by atoms with Crippen molar-refractivity contribution >= 4 is 27.5 Å². The molecule has 4 nitrogen and oxygen atoms in total. The van der Waals surface area contributed by atoms with Gasteiger partial charge in [-0.25, -0.2) is 0 Å². The van der Waals surface area contributed by atoms with Crippen LogP contribution in [0.3, 0.4) is 0 Å². The molecule has 2 heterocycles. The second-order valence-electron chi connectivity index (χ2n) is 3.50. The van der Waals surface area contributed by atoms with Crippen LogP contribution in [0.2, 0.25) is 0 Å². The Bertz CT molecular complexity index is 383. The lowest BCUT2D eigenvalue weighted by Crippen LogP contribution is -2.35. The Balaban J connectivity index is 2.32. The van der Waals surface area contributed by atoms with Gasteiger partial charge in [-0.15, -0.1) is 0 Å². The van der Waals surface area contributed by atoms with Crippen LogP contribution in [0.15, 0.2) is 22.9 Å². The summed E-state index contributed by atoms with van der Waals surface area (Å²) in [6, 6.07) is 1.73. The maximum Gasteiger partial charge on any atom is 0.227 e. The van der Waals surface area contributed by atoms with E-state index >= 15 is 0 Å². The van der Waals surface area contributed by atoms with Crippen LogP contribution in [0, 0.1) is 0 Å². The van der Waals surface area contributed by atoms with Gasteiger partial charge in [0.05, 0.1) is 24.5 Å². The van der Waals surface area contributed by atoms with Gasteiger partial charge in [-0.2, -0.15) is 0 Å². The number of halogens is 1. The summed E-state index contributed by atoms with van der Waals surface area (Å²) in [5, 5.41) is 9.16. The maximum absolute atomic E-state index is 11.6. The van der Waals surface area contributed by atoms with Gasteiger partial charge in [0.2, 0.25) is 5.91 Å². The molecule has 1 aromatic heterocycles. The molecular formula is C10H11BrN2O2. The summed E-state index contributed by atoms with van der Waals surface area (Å²) < 4.78 is 0.830. The second kappa shape index (κ2) is 4.28. The first-order valence-electron chi connectivity index (χ1n) is 4.76. The molecule has 1 amide bonds.